The van der Waals surface area contributed by atoms with Gasteiger partial charge >= 0.3 is 0 Å². The first-order valence-electron chi connectivity index (χ1n) is 6.78. The molecule has 18 heavy (non-hydrogen) atoms. The Labute approximate surface area is 109 Å². The molecule has 1 aliphatic heterocycles. The summed E-state index contributed by atoms with van der Waals surface area (Å²) >= 11 is 0. The largest absolute Gasteiger partial charge is 0.346 e. The van der Waals surface area contributed by atoms with E-state index < -0.39 is 0 Å². The summed E-state index contributed by atoms with van der Waals surface area (Å²) in [6, 6.07) is 10.8. The van der Waals surface area contributed by atoms with Crippen LogP contribution in [-0.2, 0) is 6.54 Å². The van der Waals surface area contributed by atoms with E-state index in [2.05, 4.69) is 57.9 Å². The Balaban J connectivity index is 1.63. The van der Waals surface area contributed by atoms with Crippen molar-refractivity contribution in [3.8, 4) is 0 Å². The van der Waals surface area contributed by atoms with E-state index in [4.69, 9.17) is 0 Å². The van der Waals surface area contributed by atoms with Crippen LogP contribution < -0.4 is 0 Å². The van der Waals surface area contributed by atoms with E-state index in [-0.39, 0.29) is 0 Å². The number of aromatic nitrogens is 1. The molecule has 0 spiro atoms. The summed E-state index contributed by atoms with van der Waals surface area (Å²) in [4.78, 5) is 4.97. The Kier molecular flexibility index (Phi) is 3.35. The lowest BCUT2D eigenvalue weighted by molar-refractivity contribution is 0.150. The van der Waals surface area contributed by atoms with Crippen molar-refractivity contribution in [3.05, 3.63) is 36.5 Å². The Hall–Kier alpha value is -1.32. The average molecular weight is 243 g/mol. The highest BCUT2D eigenvalue weighted by atomic mass is 15.2. The van der Waals surface area contributed by atoms with Gasteiger partial charge in [0.2, 0.25) is 0 Å². The maximum atomic E-state index is 2.56. The molecule has 0 bridgehead atoms. The number of fused-ring (bicyclic) bond motifs is 1. The molecular formula is C15H21N3. The SMILES string of the molecule is CN1CCN(CCn2ccc3ccccc32)CC1. The maximum absolute atomic E-state index is 2.56. The molecule has 0 atom stereocenters. The highest BCUT2D eigenvalue weighted by Gasteiger charge is 2.13. The minimum atomic E-state index is 1.09. The molecule has 0 saturated carbocycles. The van der Waals surface area contributed by atoms with Gasteiger partial charge in [0.1, 0.15) is 0 Å². The van der Waals surface area contributed by atoms with Crippen LogP contribution in [0.2, 0.25) is 0 Å². The molecule has 1 fully saturated rings. The van der Waals surface area contributed by atoms with Gasteiger partial charge in [-0.2, -0.15) is 0 Å². The number of rotatable bonds is 3. The smallest absolute Gasteiger partial charge is 0.0480 e. The molecule has 2 heterocycles. The Bertz CT molecular complexity index is 509. The fraction of sp³-hybridized carbons (Fsp3) is 0.467. The van der Waals surface area contributed by atoms with Crippen LogP contribution in [0.1, 0.15) is 0 Å². The maximum Gasteiger partial charge on any atom is 0.0480 e. The summed E-state index contributed by atoms with van der Waals surface area (Å²) in [7, 11) is 2.21. The van der Waals surface area contributed by atoms with Gasteiger partial charge in [0.25, 0.3) is 0 Å². The van der Waals surface area contributed by atoms with Crippen LogP contribution >= 0.6 is 0 Å². The van der Waals surface area contributed by atoms with E-state index in [0.29, 0.717) is 0 Å². The predicted octanol–water partition coefficient (Wildman–Crippen LogP) is 1.89. The van der Waals surface area contributed by atoms with Crippen LogP contribution in [0.3, 0.4) is 0 Å². The Morgan fingerprint density at radius 2 is 1.72 bits per heavy atom. The van der Waals surface area contributed by atoms with E-state index in [0.717, 1.165) is 13.1 Å². The van der Waals surface area contributed by atoms with Gasteiger partial charge in [-0.1, -0.05) is 18.2 Å². The van der Waals surface area contributed by atoms with Crippen LogP contribution in [-0.4, -0.2) is 54.1 Å². The lowest BCUT2D eigenvalue weighted by atomic mass is 10.2. The second-order valence-corrected chi connectivity index (χ2v) is 5.21. The molecule has 0 radical (unpaired) electrons. The summed E-state index contributed by atoms with van der Waals surface area (Å²) in [6.45, 7) is 7.06. The third-order valence-corrected chi connectivity index (χ3v) is 3.93. The normalized spacial score (nSPS) is 18.5. The van der Waals surface area contributed by atoms with Crippen molar-refractivity contribution in [2.24, 2.45) is 0 Å². The third kappa shape index (κ3) is 2.42. The van der Waals surface area contributed by atoms with E-state index in [1.165, 1.54) is 37.1 Å². The quantitative estimate of drug-likeness (QED) is 0.815. The monoisotopic (exact) mass is 243 g/mol. The van der Waals surface area contributed by atoms with Crippen molar-refractivity contribution in [2.75, 3.05) is 39.8 Å². The summed E-state index contributed by atoms with van der Waals surface area (Å²) in [5, 5.41) is 1.34. The molecule has 3 heteroatoms. The second-order valence-electron chi connectivity index (χ2n) is 5.21. The number of hydrogen-bond donors (Lipinski definition) is 0. The van der Waals surface area contributed by atoms with Crippen molar-refractivity contribution in [2.45, 2.75) is 6.54 Å². The van der Waals surface area contributed by atoms with Crippen molar-refractivity contribution in [1.29, 1.82) is 0 Å². The molecule has 96 valence electrons. The fourth-order valence-electron chi connectivity index (χ4n) is 2.66. The topological polar surface area (TPSA) is 11.4 Å². The number of nitrogens with zero attached hydrogens (tertiary/aromatic N) is 3. The number of benzene rings is 1. The Morgan fingerprint density at radius 1 is 0.944 bits per heavy atom. The van der Waals surface area contributed by atoms with Gasteiger partial charge in [0.05, 0.1) is 0 Å². The molecule has 0 amide bonds. The van der Waals surface area contributed by atoms with Gasteiger partial charge in [0, 0.05) is 51.0 Å². The highest BCUT2D eigenvalue weighted by molar-refractivity contribution is 5.79. The minimum Gasteiger partial charge on any atom is -0.346 e. The van der Waals surface area contributed by atoms with Crippen molar-refractivity contribution in [3.63, 3.8) is 0 Å². The van der Waals surface area contributed by atoms with Crippen LogP contribution in [0.4, 0.5) is 0 Å². The van der Waals surface area contributed by atoms with Gasteiger partial charge in [-0.15, -0.1) is 0 Å². The molecular weight excluding hydrogens is 222 g/mol. The van der Waals surface area contributed by atoms with Gasteiger partial charge in [0.15, 0.2) is 0 Å². The number of hydrogen-bond acceptors (Lipinski definition) is 2. The number of piperazine rings is 1. The summed E-state index contributed by atoms with van der Waals surface area (Å²) < 4.78 is 2.37. The molecule has 0 aliphatic carbocycles. The fourth-order valence-corrected chi connectivity index (χ4v) is 2.66. The van der Waals surface area contributed by atoms with E-state index in [1.54, 1.807) is 0 Å². The zero-order valence-corrected chi connectivity index (χ0v) is 11.0. The minimum absolute atomic E-state index is 1.09. The van der Waals surface area contributed by atoms with Gasteiger partial charge in [-0.05, 0) is 24.6 Å². The first kappa shape index (κ1) is 11.8. The lowest BCUT2D eigenvalue weighted by Gasteiger charge is -2.32. The first-order valence-corrected chi connectivity index (χ1v) is 6.78. The molecule has 0 unspecified atom stereocenters. The number of para-hydroxylation sites is 1. The van der Waals surface area contributed by atoms with E-state index >= 15 is 0 Å². The highest BCUT2D eigenvalue weighted by Crippen LogP contribution is 2.15. The van der Waals surface area contributed by atoms with Gasteiger partial charge in [-0.25, -0.2) is 0 Å². The molecule has 2 aromatic rings. The van der Waals surface area contributed by atoms with Crippen LogP contribution in [0.15, 0.2) is 36.5 Å². The van der Waals surface area contributed by atoms with Crippen molar-refractivity contribution < 1.29 is 0 Å². The summed E-state index contributed by atoms with van der Waals surface area (Å²) in [6.07, 6.45) is 2.21. The molecule has 0 N–H and O–H groups in total. The standard InChI is InChI=1S/C15H21N3/c1-16-8-10-17(11-9-16)12-13-18-7-6-14-4-2-3-5-15(14)18/h2-7H,8-13H2,1H3. The van der Waals surface area contributed by atoms with Crippen LogP contribution in [0.25, 0.3) is 10.9 Å². The predicted molar refractivity (Wildman–Crippen MR) is 75.9 cm³/mol. The van der Waals surface area contributed by atoms with Gasteiger partial charge < -0.3 is 9.47 Å². The number of likely N-dealkylation sites (N-methyl/N-ethyl adjacent to an activating group) is 1. The summed E-state index contributed by atoms with van der Waals surface area (Å²) in [5.41, 5.74) is 1.35. The van der Waals surface area contributed by atoms with Crippen LogP contribution in [0, 0.1) is 0 Å². The second kappa shape index (κ2) is 5.12. The van der Waals surface area contributed by atoms with Crippen LogP contribution in [0.5, 0.6) is 0 Å². The average Bonchev–Trinajstić information content (AvgIpc) is 2.82. The van der Waals surface area contributed by atoms with E-state index in [9.17, 15) is 0 Å². The zero-order valence-electron chi connectivity index (χ0n) is 11.0. The third-order valence-electron chi connectivity index (χ3n) is 3.93. The molecule has 3 nitrogen and oxygen atoms in total. The first-order chi connectivity index (χ1) is 8.83. The molecule has 1 aliphatic rings. The molecule has 1 aromatic heterocycles. The van der Waals surface area contributed by atoms with E-state index in [1.807, 2.05) is 0 Å². The van der Waals surface area contributed by atoms with Crippen molar-refractivity contribution >= 4 is 10.9 Å². The lowest BCUT2D eigenvalue weighted by Crippen LogP contribution is -2.45. The van der Waals surface area contributed by atoms with Gasteiger partial charge in [-0.3, -0.25) is 4.90 Å². The zero-order chi connectivity index (χ0) is 12.4. The molecule has 1 saturated heterocycles. The molecule has 1 aromatic carbocycles. The molecule has 3 rings (SSSR count). The summed E-state index contributed by atoms with van der Waals surface area (Å²) in [5.74, 6) is 0. The van der Waals surface area contributed by atoms with Crippen molar-refractivity contribution in [1.82, 2.24) is 14.4 Å². The Morgan fingerprint density at radius 3 is 2.56 bits per heavy atom.